The fourth-order valence-corrected chi connectivity index (χ4v) is 3.59. The summed E-state index contributed by atoms with van der Waals surface area (Å²) < 4.78 is 5.21. The fraction of sp³-hybridized carbons (Fsp3) is 0.586. The molecule has 0 bridgehead atoms. The Balaban J connectivity index is 2.90. The van der Waals surface area contributed by atoms with Crippen LogP contribution < -0.4 is 27.0 Å². The Labute approximate surface area is 241 Å². The molecule has 0 aliphatic carbocycles. The number of ketones is 1. The van der Waals surface area contributed by atoms with Crippen LogP contribution in [0.25, 0.3) is 0 Å². The minimum Gasteiger partial charge on any atom is -0.461 e. The molecule has 0 saturated carbocycles. The van der Waals surface area contributed by atoms with Crippen LogP contribution in [0.2, 0.25) is 0 Å². The second kappa shape index (κ2) is 17.7. The number of carbonyl (C=O) groups is 6. The molecule has 5 amide bonds. The SMILES string of the molecule is CC(C)C(=O)CCC(=O)NC(C(=O)NC(CCCNC(N)=O)C(=O)Nc1ccc(COC(=O)C(C)C)cc1)C(C)C. The van der Waals surface area contributed by atoms with Gasteiger partial charge in [0.15, 0.2) is 0 Å². The Morgan fingerprint density at radius 3 is 2.00 bits per heavy atom. The zero-order valence-electron chi connectivity index (χ0n) is 24.9. The number of carbonyl (C=O) groups excluding carboxylic acids is 6. The van der Waals surface area contributed by atoms with Gasteiger partial charge in [-0.2, -0.15) is 0 Å². The lowest BCUT2D eigenvalue weighted by Gasteiger charge is -2.25. The molecule has 1 rings (SSSR count). The molecule has 2 atom stereocenters. The third kappa shape index (κ3) is 13.8. The molecular formula is C29H45N5O7. The number of hydrogen-bond acceptors (Lipinski definition) is 7. The van der Waals surface area contributed by atoms with Crippen molar-refractivity contribution in [3.05, 3.63) is 29.8 Å². The van der Waals surface area contributed by atoms with E-state index in [9.17, 15) is 28.8 Å². The number of anilines is 1. The van der Waals surface area contributed by atoms with Crippen molar-refractivity contribution < 1.29 is 33.5 Å². The van der Waals surface area contributed by atoms with Crippen LogP contribution in [0.15, 0.2) is 24.3 Å². The average molecular weight is 576 g/mol. The largest absolute Gasteiger partial charge is 0.461 e. The Morgan fingerprint density at radius 2 is 1.46 bits per heavy atom. The summed E-state index contributed by atoms with van der Waals surface area (Å²) in [5.74, 6) is -2.55. The van der Waals surface area contributed by atoms with Crippen LogP contribution in [-0.4, -0.2) is 54.1 Å². The molecule has 0 radical (unpaired) electrons. The lowest BCUT2D eigenvalue weighted by atomic mass is 10.0. The zero-order chi connectivity index (χ0) is 31.1. The number of hydrogen-bond donors (Lipinski definition) is 5. The minimum atomic E-state index is -0.982. The second-order valence-corrected chi connectivity index (χ2v) is 10.9. The van der Waals surface area contributed by atoms with Gasteiger partial charge in [0.2, 0.25) is 17.7 Å². The summed E-state index contributed by atoms with van der Waals surface area (Å²) in [6.45, 7) is 10.8. The van der Waals surface area contributed by atoms with Crippen LogP contribution in [0.4, 0.5) is 10.5 Å². The Morgan fingerprint density at radius 1 is 0.829 bits per heavy atom. The number of urea groups is 1. The Kier molecular flexibility index (Phi) is 15.1. The lowest BCUT2D eigenvalue weighted by molar-refractivity contribution is -0.148. The number of benzene rings is 1. The number of nitrogens with two attached hydrogens (primary N) is 1. The van der Waals surface area contributed by atoms with Gasteiger partial charge < -0.3 is 31.7 Å². The van der Waals surface area contributed by atoms with Gasteiger partial charge in [-0.1, -0.05) is 53.7 Å². The van der Waals surface area contributed by atoms with E-state index in [4.69, 9.17) is 10.5 Å². The van der Waals surface area contributed by atoms with Crippen molar-refractivity contribution in [3.63, 3.8) is 0 Å². The molecule has 0 heterocycles. The summed E-state index contributed by atoms with van der Waals surface area (Å²) >= 11 is 0. The summed E-state index contributed by atoms with van der Waals surface area (Å²) in [7, 11) is 0. The molecule has 0 saturated heterocycles. The maximum Gasteiger partial charge on any atom is 0.312 e. The summed E-state index contributed by atoms with van der Waals surface area (Å²) in [4.78, 5) is 73.4. The molecule has 0 aliphatic rings. The van der Waals surface area contributed by atoms with Crippen LogP contribution in [0.3, 0.4) is 0 Å². The molecule has 2 unspecified atom stereocenters. The molecule has 1 aromatic carbocycles. The minimum absolute atomic E-state index is 0.0388. The highest BCUT2D eigenvalue weighted by Crippen LogP contribution is 2.13. The molecule has 12 nitrogen and oxygen atoms in total. The molecule has 6 N–H and O–H groups in total. The molecule has 0 aliphatic heterocycles. The number of Topliss-reactive ketones (excluding diaryl/α,β-unsaturated/α-hetero) is 1. The molecule has 0 spiro atoms. The number of rotatable bonds is 17. The zero-order valence-corrected chi connectivity index (χ0v) is 24.9. The topological polar surface area (TPSA) is 186 Å². The van der Waals surface area contributed by atoms with Crippen molar-refractivity contribution in [2.75, 3.05) is 11.9 Å². The van der Waals surface area contributed by atoms with Crippen molar-refractivity contribution in [3.8, 4) is 0 Å². The molecular weight excluding hydrogens is 530 g/mol. The van der Waals surface area contributed by atoms with E-state index in [1.165, 1.54) is 0 Å². The third-order valence-electron chi connectivity index (χ3n) is 6.18. The van der Waals surface area contributed by atoms with Gasteiger partial charge in [0.25, 0.3) is 0 Å². The first kappa shape index (κ1) is 35.1. The second-order valence-electron chi connectivity index (χ2n) is 10.9. The first-order valence-corrected chi connectivity index (χ1v) is 13.9. The van der Waals surface area contributed by atoms with E-state index in [0.29, 0.717) is 12.1 Å². The number of amides is 5. The van der Waals surface area contributed by atoms with Crippen molar-refractivity contribution in [2.24, 2.45) is 23.5 Å². The number of nitrogens with one attached hydrogen (secondary N) is 4. The lowest BCUT2D eigenvalue weighted by Crippen LogP contribution is -2.54. The van der Waals surface area contributed by atoms with Gasteiger partial charge in [-0.3, -0.25) is 24.0 Å². The maximum atomic E-state index is 13.2. The van der Waals surface area contributed by atoms with Crippen LogP contribution in [-0.2, 0) is 35.3 Å². The predicted molar refractivity (Wildman–Crippen MR) is 154 cm³/mol. The first-order chi connectivity index (χ1) is 19.2. The normalized spacial score (nSPS) is 12.4. The summed E-state index contributed by atoms with van der Waals surface area (Å²) in [6.07, 6.45) is 0.565. The molecule has 12 heteroatoms. The fourth-order valence-electron chi connectivity index (χ4n) is 3.59. The van der Waals surface area contributed by atoms with Gasteiger partial charge in [0.05, 0.1) is 5.92 Å². The van der Waals surface area contributed by atoms with Crippen molar-refractivity contribution in [1.82, 2.24) is 16.0 Å². The van der Waals surface area contributed by atoms with Gasteiger partial charge in [0, 0.05) is 31.0 Å². The maximum absolute atomic E-state index is 13.2. The van der Waals surface area contributed by atoms with Crippen LogP contribution in [0.5, 0.6) is 0 Å². The highest BCUT2D eigenvalue weighted by atomic mass is 16.5. The van der Waals surface area contributed by atoms with E-state index >= 15 is 0 Å². The molecule has 0 fully saturated rings. The van der Waals surface area contributed by atoms with Gasteiger partial charge in [-0.05, 0) is 36.5 Å². The Bertz CT molecular complexity index is 1050. The third-order valence-corrected chi connectivity index (χ3v) is 6.18. The van der Waals surface area contributed by atoms with Crippen LogP contribution in [0, 0.1) is 17.8 Å². The van der Waals surface area contributed by atoms with Gasteiger partial charge in [-0.25, -0.2) is 4.79 Å². The number of primary amides is 1. The average Bonchev–Trinajstić information content (AvgIpc) is 2.90. The van der Waals surface area contributed by atoms with Crippen molar-refractivity contribution in [1.29, 1.82) is 0 Å². The number of esters is 1. The van der Waals surface area contributed by atoms with Gasteiger partial charge in [-0.15, -0.1) is 0 Å². The monoisotopic (exact) mass is 575 g/mol. The number of ether oxygens (including phenoxy) is 1. The highest BCUT2D eigenvalue weighted by molar-refractivity contribution is 5.98. The van der Waals surface area contributed by atoms with Crippen LogP contribution >= 0.6 is 0 Å². The first-order valence-electron chi connectivity index (χ1n) is 13.9. The highest BCUT2D eigenvalue weighted by Gasteiger charge is 2.29. The van der Waals surface area contributed by atoms with E-state index in [1.807, 2.05) is 0 Å². The predicted octanol–water partition coefficient (Wildman–Crippen LogP) is 2.40. The van der Waals surface area contributed by atoms with E-state index in [1.54, 1.807) is 65.8 Å². The van der Waals surface area contributed by atoms with Crippen molar-refractivity contribution >= 4 is 41.2 Å². The smallest absolute Gasteiger partial charge is 0.312 e. The molecule has 41 heavy (non-hydrogen) atoms. The van der Waals surface area contributed by atoms with Gasteiger partial charge >= 0.3 is 12.0 Å². The van der Waals surface area contributed by atoms with Crippen molar-refractivity contribution in [2.45, 2.75) is 85.9 Å². The van der Waals surface area contributed by atoms with E-state index in [-0.39, 0.29) is 61.9 Å². The molecule has 1 aromatic rings. The standard InChI is InChI=1S/C29H45N5O7/c1-17(2)23(35)13-14-24(36)34-25(18(3)4)27(38)33-22(8-7-15-31-29(30)40)26(37)32-21-11-9-20(10-12-21)16-41-28(39)19(5)6/h9-12,17-19,22,25H,7-8,13-16H2,1-6H3,(H,32,37)(H,33,38)(H,34,36)(H3,30,31,40). The molecule has 0 aromatic heterocycles. The Hall–Kier alpha value is -3.96. The summed E-state index contributed by atoms with van der Waals surface area (Å²) in [5, 5.41) is 10.6. The summed E-state index contributed by atoms with van der Waals surface area (Å²) in [6, 6.07) is 4.11. The van der Waals surface area contributed by atoms with E-state index in [0.717, 1.165) is 5.56 Å². The van der Waals surface area contributed by atoms with E-state index in [2.05, 4.69) is 21.3 Å². The van der Waals surface area contributed by atoms with Gasteiger partial charge in [0.1, 0.15) is 24.5 Å². The van der Waals surface area contributed by atoms with Crippen LogP contribution in [0.1, 0.15) is 72.8 Å². The quantitative estimate of drug-likeness (QED) is 0.139. The summed E-state index contributed by atoms with van der Waals surface area (Å²) in [5.41, 5.74) is 6.31. The molecule has 228 valence electrons. The van der Waals surface area contributed by atoms with E-state index < -0.39 is 35.8 Å².